The molecule has 1 aliphatic heterocycles. The minimum Gasteiger partial charge on any atom is -0.325 e. The van der Waals surface area contributed by atoms with Gasteiger partial charge in [-0.3, -0.25) is 4.79 Å². The number of carbonyl (C=O) groups excluding carboxylic acids is 1. The quantitative estimate of drug-likeness (QED) is 0.759. The molecule has 2 atom stereocenters. The first kappa shape index (κ1) is 15.0. The molecule has 0 aliphatic carbocycles. The number of carbonyl (C=O) groups is 1. The van der Waals surface area contributed by atoms with Gasteiger partial charge < -0.3 is 10.6 Å². The molecule has 1 fully saturated rings. The van der Waals surface area contributed by atoms with Crippen LogP contribution in [0.1, 0.15) is 18.9 Å². The zero-order chi connectivity index (χ0) is 14.9. The summed E-state index contributed by atoms with van der Waals surface area (Å²) >= 11 is 0. The third kappa shape index (κ3) is 3.17. The largest absolute Gasteiger partial charge is 0.325 e. The highest BCUT2D eigenvalue weighted by molar-refractivity contribution is 7.89. The maximum absolute atomic E-state index is 12.1. The number of hydrogen-bond donors (Lipinski definition) is 3. The van der Waals surface area contributed by atoms with Gasteiger partial charge in [-0.2, -0.15) is 0 Å². The summed E-state index contributed by atoms with van der Waals surface area (Å²) in [5, 5.41) is 11.0. The molecule has 1 amide bonds. The molecule has 0 aromatic heterocycles. The van der Waals surface area contributed by atoms with Crippen LogP contribution in [0, 0.1) is 12.8 Å². The number of hydrogen-bond acceptors (Lipinski definition) is 4. The molecule has 2 rings (SSSR count). The van der Waals surface area contributed by atoms with Crippen LogP contribution in [-0.4, -0.2) is 26.9 Å². The van der Waals surface area contributed by atoms with Crippen LogP contribution >= 0.6 is 0 Å². The molecule has 1 aromatic rings. The number of aryl methyl sites for hydroxylation is 1. The molecule has 4 N–H and O–H groups in total. The van der Waals surface area contributed by atoms with E-state index in [-0.39, 0.29) is 22.8 Å². The maximum Gasteiger partial charge on any atom is 0.241 e. The third-order valence-corrected chi connectivity index (χ3v) is 4.63. The molecule has 1 aliphatic rings. The number of amides is 1. The molecule has 1 aromatic carbocycles. The predicted molar refractivity (Wildman–Crippen MR) is 76.8 cm³/mol. The Morgan fingerprint density at radius 3 is 2.70 bits per heavy atom. The Hall–Kier alpha value is -1.44. The number of anilines is 1. The van der Waals surface area contributed by atoms with Crippen molar-refractivity contribution in [3.8, 4) is 0 Å². The summed E-state index contributed by atoms with van der Waals surface area (Å²) < 4.78 is 22.9. The highest BCUT2D eigenvalue weighted by Crippen LogP contribution is 2.21. The normalized spacial score (nSPS) is 22.8. The molecule has 20 heavy (non-hydrogen) atoms. The third-order valence-electron chi connectivity index (χ3n) is 3.58. The molecular weight excluding hydrogens is 278 g/mol. The highest BCUT2D eigenvalue weighted by atomic mass is 32.2. The Morgan fingerprint density at radius 2 is 2.15 bits per heavy atom. The summed E-state index contributed by atoms with van der Waals surface area (Å²) in [6.45, 7) is 4.48. The van der Waals surface area contributed by atoms with Gasteiger partial charge in [0.2, 0.25) is 15.9 Å². The average Bonchev–Trinajstić information content (AvgIpc) is 2.76. The van der Waals surface area contributed by atoms with Crippen LogP contribution in [0.25, 0.3) is 0 Å². The van der Waals surface area contributed by atoms with Crippen molar-refractivity contribution >= 4 is 21.6 Å². The molecule has 0 spiro atoms. The van der Waals surface area contributed by atoms with Crippen molar-refractivity contribution in [3.05, 3.63) is 23.8 Å². The highest BCUT2D eigenvalue weighted by Gasteiger charge is 2.29. The van der Waals surface area contributed by atoms with Crippen LogP contribution in [0.4, 0.5) is 5.69 Å². The summed E-state index contributed by atoms with van der Waals surface area (Å²) in [4.78, 5) is 12.1. The topological polar surface area (TPSA) is 101 Å². The lowest BCUT2D eigenvalue weighted by Crippen LogP contribution is -2.39. The second-order valence-electron chi connectivity index (χ2n) is 5.21. The van der Waals surface area contributed by atoms with Gasteiger partial charge in [0.05, 0.1) is 10.9 Å². The van der Waals surface area contributed by atoms with E-state index >= 15 is 0 Å². The SMILES string of the molecule is Cc1ccc(NC(=O)C2NCCC2C)cc1S(N)(=O)=O. The first-order valence-corrected chi connectivity index (χ1v) is 8.01. The van der Waals surface area contributed by atoms with E-state index in [1.54, 1.807) is 19.1 Å². The monoisotopic (exact) mass is 297 g/mol. The van der Waals surface area contributed by atoms with Crippen molar-refractivity contribution in [2.45, 2.75) is 31.2 Å². The number of primary sulfonamides is 1. The van der Waals surface area contributed by atoms with Gasteiger partial charge in [0.25, 0.3) is 0 Å². The molecule has 1 saturated heterocycles. The van der Waals surface area contributed by atoms with Crippen LogP contribution in [0.15, 0.2) is 23.1 Å². The van der Waals surface area contributed by atoms with Gasteiger partial charge in [-0.25, -0.2) is 13.6 Å². The summed E-state index contributed by atoms with van der Waals surface area (Å²) in [6.07, 6.45) is 0.953. The summed E-state index contributed by atoms with van der Waals surface area (Å²) in [7, 11) is -3.79. The second-order valence-corrected chi connectivity index (χ2v) is 6.74. The number of benzene rings is 1. The fourth-order valence-electron chi connectivity index (χ4n) is 2.39. The lowest BCUT2D eigenvalue weighted by Gasteiger charge is -2.16. The average molecular weight is 297 g/mol. The van der Waals surface area contributed by atoms with Crippen molar-refractivity contribution in [1.82, 2.24) is 5.32 Å². The number of nitrogens with two attached hydrogens (primary N) is 1. The van der Waals surface area contributed by atoms with Crippen molar-refractivity contribution in [2.24, 2.45) is 11.1 Å². The maximum atomic E-state index is 12.1. The van der Waals surface area contributed by atoms with E-state index < -0.39 is 10.0 Å². The Balaban J connectivity index is 2.20. The summed E-state index contributed by atoms with van der Waals surface area (Å²) in [5.74, 6) is 0.109. The van der Waals surface area contributed by atoms with Crippen molar-refractivity contribution in [3.63, 3.8) is 0 Å². The minimum atomic E-state index is -3.79. The van der Waals surface area contributed by atoms with E-state index in [9.17, 15) is 13.2 Å². The number of nitrogens with one attached hydrogen (secondary N) is 2. The smallest absolute Gasteiger partial charge is 0.241 e. The van der Waals surface area contributed by atoms with Gasteiger partial charge >= 0.3 is 0 Å². The fourth-order valence-corrected chi connectivity index (χ4v) is 3.20. The molecular formula is C13H19N3O3S. The molecule has 1 heterocycles. The standard InChI is InChI=1S/C13H19N3O3S/c1-8-3-4-10(7-11(8)20(14,18)19)16-13(17)12-9(2)5-6-15-12/h3-4,7,9,12,15H,5-6H2,1-2H3,(H,16,17)(H2,14,18,19). The first-order valence-electron chi connectivity index (χ1n) is 6.47. The van der Waals surface area contributed by atoms with Gasteiger partial charge in [-0.15, -0.1) is 0 Å². The fraction of sp³-hybridized carbons (Fsp3) is 0.462. The molecule has 6 nitrogen and oxygen atoms in total. The van der Waals surface area contributed by atoms with E-state index in [1.165, 1.54) is 6.07 Å². The molecule has 2 unspecified atom stereocenters. The van der Waals surface area contributed by atoms with Gasteiger partial charge in [0.1, 0.15) is 0 Å². The van der Waals surface area contributed by atoms with Gasteiger partial charge in [0, 0.05) is 5.69 Å². The van der Waals surface area contributed by atoms with Gasteiger partial charge in [-0.1, -0.05) is 13.0 Å². The predicted octanol–water partition coefficient (Wildman–Crippen LogP) is 0.579. The van der Waals surface area contributed by atoms with E-state index in [1.807, 2.05) is 6.92 Å². The molecule has 0 saturated carbocycles. The van der Waals surface area contributed by atoms with Crippen molar-refractivity contribution < 1.29 is 13.2 Å². The number of rotatable bonds is 3. The van der Waals surface area contributed by atoms with E-state index in [4.69, 9.17) is 5.14 Å². The zero-order valence-electron chi connectivity index (χ0n) is 11.5. The molecule has 110 valence electrons. The molecule has 0 radical (unpaired) electrons. The lowest BCUT2D eigenvalue weighted by atomic mass is 10.0. The summed E-state index contributed by atoms with van der Waals surface area (Å²) in [5.41, 5.74) is 0.989. The first-order chi connectivity index (χ1) is 9.29. The Morgan fingerprint density at radius 1 is 1.45 bits per heavy atom. The Labute approximate surface area is 118 Å². The number of sulfonamides is 1. The summed E-state index contributed by atoms with van der Waals surface area (Å²) in [6, 6.07) is 4.44. The van der Waals surface area contributed by atoms with Gasteiger partial charge in [-0.05, 0) is 43.5 Å². The van der Waals surface area contributed by atoms with Crippen LogP contribution in [0.3, 0.4) is 0 Å². The van der Waals surface area contributed by atoms with Crippen molar-refractivity contribution in [1.29, 1.82) is 0 Å². The van der Waals surface area contributed by atoms with Crippen LogP contribution in [0.2, 0.25) is 0 Å². The van der Waals surface area contributed by atoms with Crippen LogP contribution < -0.4 is 15.8 Å². The van der Waals surface area contributed by atoms with E-state index in [2.05, 4.69) is 10.6 Å². The Bertz CT molecular complexity index is 628. The molecule has 7 heteroatoms. The Kier molecular flexibility index (Phi) is 4.12. The van der Waals surface area contributed by atoms with Crippen LogP contribution in [-0.2, 0) is 14.8 Å². The van der Waals surface area contributed by atoms with Crippen LogP contribution in [0.5, 0.6) is 0 Å². The second kappa shape index (κ2) is 5.51. The van der Waals surface area contributed by atoms with E-state index in [0.717, 1.165) is 13.0 Å². The van der Waals surface area contributed by atoms with Gasteiger partial charge in [0.15, 0.2) is 0 Å². The van der Waals surface area contributed by atoms with Crippen molar-refractivity contribution in [2.75, 3.05) is 11.9 Å². The van der Waals surface area contributed by atoms with E-state index in [0.29, 0.717) is 11.3 Å². The molecule has 0 bridgehead atoms. The lowest BCUT2D eigenvalue weighted by molar-refractivity contribution is -0.118. The zero-order valence-corrected chi connectivity index (χ0v) is 12.3. The minimum absolute atomic E-state index is 0.0303.